The van der Waals surface area contributed by atoms with Crippen LogP contribution in [0.4, 0.5) is 0 Å². The molecule has 134 valence electrons. The highest BCUT2D eigenvalue weighted by molar-refractivity contribution is 5.85. The normalized spacial score (nSPS) is 21.9. The second-order valence-corrected chi connectivity index (χ2v) is 6.66. The van der Waals surface area contributed by atoms with Crippen molar-refractivity contribution in [2.24, 2.45) is 11.7 Å². The molecule has 1 heterocycles. The molecule has 2 N–H and O–H groups in total. The zero-order chi connectivity index (χ0) is 16.2. The summed E-state index contributed by atoms with van der Waals surface area (Å²) < 4.78 is 10.8. The van der Waals surface area contributed by atoms with Crippen LogP contribution in [0.1, 0.15) is 44.6 Å². The summed E-state index contributed by atoms with van der Waals surface area (Å²) in [5.74, 6) is 2.47. The van der Waals surface area contributed by atoms with E-state index in [0.717, 1.165) is 35.8 Å². The first-order valence-electron chi connectivity index (χ1n) is 8.55. The fraction of sp³-hybridized carbons (Fsp3) is 0.611. The van der Waals surface area contributed by atoms with Gasteiger partial charge in [0.25, 0.3) is 0 Å². The molecule has 3 rings (SSSR count). The molecular formula is C18H27ClN2O3. The number of nitrogens with two attached hydrogens (primary N) is 1. The number of nitrogens with zero attached hydrogens (tertiary/aromatic N) is 1. The molecule has 24 heavy (non-hydrogen) atoms. The van der Waals surface area contributed by atoms with E-state index in [1.54, 1.807) is 0 Å². The standard InChI is InChI=1S/C18H26N2O3.ClH/c1-13-2-5-15(6-3-13)20(18(21)8-9-19)11-14-4-7-16-17(10-14)23-12-22-16;/h4,7,10,13,15H,2-3,5-6,8-9,11-12,19H2,1H3;1H. The number of halogens is 1. The molecule has 1 aromatic carbocycles. The molecule has 1 fully saturated rings. The summed E-state index contributed by atoms with van der Waals surface area (Å²) in [6, 6.07) is 6.25. The minimum atomic E-state index is 0. The highest BCUT2D eigenvalue weighted by Crippen LogP contribution is 2.34. The average molecular weight is 355 g/mol. The van der Waals surface area contributed by atoms with Crippen LogP contribution in [0.3, 0.4) is 0 Å². The first-order chi connectivity index (χ1) is 11.2. The van der Waals surface area contributed by atoms with Crippen molar-refractivity contribution in [1.29, 1.82) is 0 Å². The fourth-order valence-corrected chi connectivity index (χ4v) is 3.48. The molecule has 1 saturated carbocycles. The molecule has 0 atom stereocenters. The number of carbonyl (C=O) groups is 1. The van der Waals surface area contributed by atoms with Gasteiger partial charge in [-0.15, -0.1) is 12.4 Å². The molecule has 6 heteroatoms. The highest BCUT2D eigenvalue weighted by atomic mass is 35.5. The van der Waals surface area contributed by atoms with Crippen molar-refractivity contribution in [1.82, 2.24) is 4.90 Å². The van der Waals surface area contributed by atoms with E-state index in [2.05, 4.69) is 6.92 Å². The Morgan fingerprint density at radius 3 is 2.62 bits per heavy atom. The van der Waals surface area contributed by atoms with Crippen LogP contribution < -0.4 is 15.2 Å². The van der Waals surface area contributed by atoms with Crippen LogP contribution in [0.25, 0.3) is 0 Å². The van der Waals surface area contributed by atoms with E-state index in [1.807, 2.05) is 23.1 Å². The summed E-state index contributed by atoms with van der Waals surface area (Å²) in [5.41, 5.74) is 6.68. The zero-order valence-corrected chi connectivity index (χ0v) is 15.0. The van der Waals surface area contributed by atoms with Crippen LogP contribution in [-0.4, -0.2) is 30.2 Å². The van der Waals surface area contributed by atoms with E-state index in [9.17, 15) is 4.79 Å². The van der Waals surface area contributed by atoms with Gasteiger partial charge in [0.05, 0.1) is 0 Å². The number of fused-ring (bicyclic) bond motifs is 1. The minimum absolute atomic E-state index is 0. The maximum Gasteiger partial charge on any atom is 0.231 e. The van der Waals surface area contributed by atoms with Crippen LogP contribution >= 0.6 is 12.4 Å². The van der Waals surface area contributed by atoms with Crippen LogP contribution in [0.15, 0.2) is 18.2 Å². The van der Waals surface area contributed by atoms with Crippen molar-refractivity contribution >= 4 is 18.3 Å². The van der Waals surface area contributed by atoms with Gasteiger partial charge >= 0.3 is 0 Å². The molecule has 1 amide bonds. The Bertz CT molecular complexity index is 559. The Morgan fingerprint density at radius 1 is 1.21 bits per heavy atom. The number of rotatable bonds is 5. The number of hydrogen-bond donors (Lipinski definition) is 1. The van der Waals surface area contributed by atoms with Crippen LogP contribution in [0, 0.1) is 5.92 Å². The van der Waals surface area contributed by atoms with Gasteiger partial charge in [-0.1, -0.05) is 13.0 Å². The van der Waals surface area contributed by atoms with Gasteiger partial charge in [-0.05, 0) is 49.3 Å². The average Bonchev–Trinajstić information content (AvgIpc) is 3.01. The van der Waals surface area contributed by atoms with Crippen LogP contribution in [0.5, 0.6) is 11.5 Å². The predicted molar refractivity (Wildman–Crippen MR) is 95.5 cm³/mol. The summed E-state index contributed by atoms with van der Waals surface area (Å²) in [6.07, 6.45) is 4.97. The predicted octanol–water partition coefficient (Wildman–Crippen LogP) is 3.09. The Kier molecular flexibility index (Phi) is 6.75. The lowest BCUT2D eigenvalue weighted by Crippen LogP contribution is -2.42. The smallest absolute Gasteiger partial charge is 0.231 e. The number of amides is 1. The Labute approximate surface area is 149 Å². The van der Waals surface area contributed by atoms with Crippen molar-refractivity contribution in [3.63, 3.8) is 0 Å². The number of ether oxygens (including phenoxy) is 2. The van der Waals surface area contributed by atoms with Crippen molar-refractivity contribution in [2.75, 3.05) is 13.3 Å². The van der Waals surface area contributed by atoms with Gasteiger partial charge in [0.1, 0.15) is 0 Å². The van der Waals surface area contributed by atoms with E-state index in [0.29, 0.717) is 25.6 Å². The molecule has 1 aliphatic heterocycles. The molecular weight excluding hydrogens is 328 g/mol. The third-order valence-corrected chi connectivity index (χ3v) is 4.89. The lowest BCUT2D eigenvalue weighted by atomic mass is 9.86. The summed E-state index contributed by atoms with van der Waals surface area (Å²) in [4.78, 5) is 14.6. The molecule has 0 radical (unpaired) electrons. The SMILES string of the molecule is CC1CCC(N(Cc2ccc3c(c2)OCO3)C(=O)CCN)CC1.Cl. The summed E-state index contributed by atoms with van der Waals surface area (Å²) in [7, 11) is 0. The number of carbonyl (C=O) groups excluding carboxylic acids is 1. The maximum absolute atomic E-state index is 12.6. The van der Waals surface area contributed by atoms with Gasteiger partial charge in [-0.25, -0.2) is 0 Å². The number of hydrogen-bond acceptors (Lipinski definition) is 4. The lowest BCUT2D eigenvalue weighted by molar-refractivity contribution is -0.135. The quantitative estimate of drug-likeness (QED) is 0.882. The van der Waals surface area contributed by atoms with Crippen LogP contribution in [-0.2, 0) is 11.3 Å². The maximum atomic E-state index is 12.6. The molecule has 0 bridgehead atoms. The van der Waals surface area contributed by atoms with Crippen molar-refractivity contribution in [3.05, 3.63) is 23.8 Å². The van der Waals surface area contributed by atoms with E-state index >= 15 is 0 Å². The fourth-order valence-electron chi connectivity index (χ4n) is 3.48. The molecule has 1 aromatic rings. The summed E-state index contributed by atoms with van der Waals surface area (Å²) >= 11 is 0. The van der Waals surface area contributed by atoms with E-state index in [-0.39, 0.29) is 25.1 Å². The van der Waals surface area contributed by atoms with E-state index < -0.39 is 0 Å². The molecule has 0 saturated heterocycles. The Hall–Kier alpha value is -1.46. The lowest BCUT2D eigenvalue weighted by Gasteiger charge is -2.36. The summed E-state index contributed by atoms with van der Waals surface area (Å²) in [5, 5.41) is 0. The monoisotopic (exact) mass is 354 g/mol. The van der Waals surface area contributed by atoms with Crippen LogP contribution in [0.2, 0.25) is 0 Å². The van der Waals surface area contributed by atoms with Crippen molar-refractivity contribution in [2.45, 2.75) is 51.6 Å². The van der Waals surface area contributed by atoms with Crippen molar-refractivity contribution in [3.8, 4) is 11.5 Å². The number of benzene rings is 1. The van der Waals surface area contributed by atoms with Gasteiger partial charge in [-0.2, -0.15) is 0 Å². The molecule has 0 unspecified atom stereocenters. The van der Waals surface area contributed by atoms with Gasteiger partial charge < -0.3 is 20.1 Å². The largest absolute Gasteiger partial charge is 0.454 e. The summed E-state index contributed by atoms with van der Waals surface area (Å²) in [6.45, 7) is 3.59. The Balaban J connectivity index is 0.00000208. The van der Waals surface area contributed by atoms with Gasteiger partial charge in [0.15, 0.2) is 11.5 Å². The second kappa shape index (κ2) is 8.58. The third-order valence-electron chi connectivity index (χ3n) is 4.89. The van der Waals surface area contributed by atoms with Gasteiger partial charge in [-0.3, -0.25) is 4.79 Å². The molecule has 0 spiro atoms. The highest BCUT2D eigenvalue weighted by Gasteiger charge is 2.27. The van der Waals surface area contributed by atoms with Gasteiger partial charge in [0, 0.05) is 25.6 Å². The Morgan fingerprint density at radius 2 is 1.92 bits per heavy atom. The molecule has 0 aromatic heterocycles. The first kappa shape index (κ1) is 18.9. The molecule has 1 aliphatic carbocycles. The van der Waals surface area contributed by atoms with E-state index in [1.165, 1.54) is 12.8 Å². The second-order valence-electron chi connectivity index (χ2n) is 6.66. The minimum Gasteiger partial charge on any atom is -0.454 e. The zero-order valence-electron chi connectivity index (χ0n) is 14.2. The van der Waals surface area contributed by atoms with E-state index in [4.69, 9.17) is 15.2 Å². The third kappa shape index (κ3) is 4.33. The van der Waals surface area contributed by atoms with Gasteiger partial charge in [0.2, 0.25) is 12.7 Å². The molecule has 2 aliphatic rings. The molecule has 5 nitrogen and oxygen atoms in total. The first-order valence-corrected chi connectivity index (χ1v) is 8.55. The topological polar surface area (TPSA) is 64.8 Å². The van der Waals surface area contributed by atoms with Crippen molar-refractivity contribution < 1.29 is 14.3 Å².